The van der Waals surface area contributed by atoms with Crippen LogP contribution in [-0.2, 0) is 21.3 Å². The van der Waals surface area contributed by atoms with Crippen molar-refractivity contribution in [2.75, 3.05) is 7.11 Å². The first-order valence-corrected chi connectivity index (χ1v) is 11.8. The second kappa shape index (κ2) is 11.3. The number of aromatic nitrogens is 2. The Labute approximate surface area is 192 Å². The molecule has 2 aliphatic carbocycles. The second-order valence-electron chi connectivity index (χ2n) is 9.58. The van der Waals surface area contributed by atoms with Crippen molar-refractivity contribution in [2.24, 2.45) is 30.7 Å². The summed E-state index contributed by atoms with van der Waals surface area (Å²) in [6.07, 6.45) is 19.9. The number of esters is 1. The molecule has 4 atom stereocenters. The Kier molecular flexibility index (Phi) is 8.54. The van der Waals surface area contributed by atoms with E-state index < -0.39 is 0 Å². The largest absolute Gasteiger partial charge is 0.504 e. The van der Waals surface area contributed by atoms with Crippen molar-refractivity contribution in [1.82, 2.24) is 9.55 Å². The number of rotatable bonds is 5. The summed E-state index contributed by atoms with van der Waals surface area (Å²) in [4.78, 5) is 16.8. The number of ether oxygens (including phenoxy) is 2. The molecule has 0 N–H and O–H groups in total. The lowest BCUT2D eigenvalue weighted by atomic mass is 9.64. The minimum atomic E-state index is -0.305. The predicted octanol–water partition coefficient (Wildman–Crippen LogP) is 5.86. The Morgan fingerprint density at radius 2 is 2.09 bits per heavy atom. The summed E-state index contributed by atoms with van der Waals surface area (Å²) in [5.74, 6) is 1.85. The van der Waals surface area contributed by atoms with E-state index in [1.807, 2.05) is 24.1 Å². The molecule has 0 saturated carbocycles. The van der Waals surface area contributed by atoms with E-state index in [9.17, 15) is 4.79 Å². The van der Waals surface area contributed by atoms with E-state index in [-0.39, 0.29) is 12.1 Å². The van der Waals surface area contributed by atoms with Gasteiger partial charge in [-0.2, -0.15) is 0 Å². The van der Waals surface area contributed by atoms with E-state index in [0.29, 0.717) is 23.7 Å². The molecule has 1 aromatic heterocycles. The molecule has 0 amide bonds. The molecule has 0 fully saturated rings. The monoisotopic (exact) mass is 438 g/mol. The minimum absolute atomic E-state index is 0.137. The minimum Gasteiger partial charge on any atom is -0.504 e. The van der Waals surface area contributed by atoms with Crippen molar-refractivity contribution in [1.29, 1.82) is 0 Å². The summed E-state index contributed by atoms with van der Waals surface area (Å²) < 4.78 is 13.2. The summed E-state index contributed by atoms with van der Waals surface area (Å²) in [5.41, 5.74) is 3.52. The first kappa shape index (κ1) is 24.1. The molecule has 0 aromatic carbocycles. The van der Waals surface area contributed by atoms with Crippen LogP contribution < -0.4 is 0 Å². The standard InChI is InChI=1S/C27H38N2O3/c1-19(2)24-12-10-20(3)25-15-23(9-7-6-8-21(17-31-5)14-26(24)25)32-27(30)13-11-22-16-29(4)18-28-22/h6-7,10-11,13,16-19,23-26H,8-9,12,14-15H2,1-5H3/b7-6-,13-11?,21-17?. The van der Waals surface area contributed by atoms with Crippen molar-refractivity contribution in [3.8, 4) is 0 Å². The van der Waals surface area contributed by atoms with Gasteiger partial charge in [0.15, 0.2) is 0 Å². The van der Waals surface area contributed by atoms with Crippen LogP contribution >= 0.6 is 0 Å². The number of hydrogen-bond acceptors (Lipinski definition) is 4. The van der Waals surface area contributed by atoms with Gasteiger partial charge in [0.25, 0.3) is 0 Å². The van der Waals surface area contributed by atoms with Gasteiger partial charge >= 0.3 is 5.97 Å². The number of aryl methyl sites for hydroxylation is 1. The van der Waals surface area contributed by atoms with Gasteiger partial charge < -0.3 is 14.0 Å². The van der Waals surface area contributed by atoms with Crippen LogP contribution in [0, 0.1) is 23.7 Å². The topological polar surface area (TPSA) is 53.4 Å². The highest BCUT2D eigenvalue weighted by Gasteiger charge is 2.37. The Balaban J connectivity index is 1.80. The maximum Gasteiger partial charge on any atom is 0.331 e. The van der Waals surface area contributed by atoms with Gasteiger partial charge in [-0.1, -0.05) is 37.6 Å². The fraction of sp³-hybridized carbons (Fsp3) is 0.556. The van der Waals surface area contributed by atoms with Crippen LogP contribution in [0.25, 0.3) is 6.08 Å². The third kappa shape index (κ3) is 6.47. The predicted molar refractivity (Wildman–Crippen MR) is 129 cm³/mol. The number of imidazole rings is 1. The third-order valence-corrected chi connectivity index (χ3v) is 6.86. The summed E-state index contributed by atoms with van der Waals surface area (Å²) in [6.45, 7) is 6.90. The molecule has 4 unspecified atom stereocenters. The normalized spacial score (nSPS) is 28.9. The summed E-state index contributed by atoms with van der Waals surface area (Å²) in [7, 11) is 3.64. The molecule has 5 nitrogen and oxygen atoms in total. The molecule has 3 rings (SSSR count). The molecular formula is C27H38N2O3. The van der Waals surface area contributed by atoms with E-state index in [0.717, 1.165) is 37.8 Å². The summed E-state index contributed by atoms with van der Waals surface area (Å²) in [6, 6.07) is 0. The zero-order valence-electron chi connectivity index (χ0n) is 20.2. The van der Waals surface area contributed by atoms with Gasteiger partial charge in [0.2, 0.25) is 0 Å². The quantitative estimate of drug-likeness (QED) is 0.250. The molecule has 1 heterocycles. The third-order valence-electron chi connectivity index (χ3n) is 6.86. The van der Waals surface area contributed by atoms with Crippen molar-refractivity contribution in [2.45, 2.75) is 59.0 Å². The Hall–Kier alpha value is -2.56. The van der Waals surface area contributed by atoms with Crippen molar-refractivity contribution >= 4 is 12.0 Å². The molecule has 2 aliphatic rings. The van der Waals surface area contributed by atoms with Crippen LogP contribution in [0.5, 0.6) is 0 Å². The molecule has 32 heavy (non-hydrogen) atoms. The average molecular weight is 439 g/mol. The number of methoxy groups -OCH3 is 1. The molecule has 0 bridgehead atoms. The lowest BCUT2D eigenvalue weighted by molar-refractivity contribution is -0.143. The number of allylic oxidation sites excluding steroid dienone is 4. The molecular weight excluding hydrogens is 400 g/mol. The number of hydrogen-bond donors (Lipinski definition) is 0. The lowest BCUT2D eigenvalue weighted by Gasteiger charge is -2.41. The molecule has 0 spiro atoms. The molecule has 1 aromatic rings. The summed E-state index contributed by atoms with van der Waals surface area (Å²) >= 11 is 0. The van der Waals surface area contributed by atoms with Crippen molar-refractivity contribution in [3.63, 3.8) is 0 Å². The molecule has 0 radical (unpaired) electrons. The highest BCUT2D eigenvalue weighted by molar-refractivity contribution is 5.86. The van der Waals surface area contributed by atoms with Crippen LogP contribution in [0.15, 0.2) is 54.2 Å². The number of nitrogens with zero attached hydrogens (tertiary/aromatic N) is 2. The number of carbonyl (C=O) groups is 1. The van der Waals surface area contributed by atoms with Crippen LogP contribution in [0.2, 0.25) is 0 Å². The van der Waals surface area contributed by atoms with E-state index in [1.165, 1.54) is 17.2 Å². The van der Waals surface area contributed by atoms with E-state index in [4.69, 9.17) is 9.47 Å². The van der Waals surface area contributed by atoms with Crippen molar-refractivity contribution in [3.05, 3.63) is 59.9 Å². The van der Waals surface area contributed by atoms with E-state index in [2.05, 4.69) is 44.0 Å². The number of fused-ring (bicyclic) bond motifs is 1. The zero-order valence-corrected chi connectivity index (χ0v) is 20.2. The first-order chi connectivity index (χ1) is 15.4. The zero-order chi connectivity index (χ0) is 23.1. The van der Waals surface area contributed by atoms with Gasteiger partial charge in [-0.25, -0.2) is 9.78 Å². The fourth-order valence-corrected chi connectivity index (χ4v) is 5.19. The van der Waals surface area contributed by atoms with Gasteiger partial charge in [0.05, 0.1) is 25.4 Å². The molecule has 174 valence electrons. The van der Waals surface area contributed by atoms with Crippen LogP contribution in [-0.4, -0.2) is 28.7 Å². The molecule has 5 heteroatoms. The molecule has 0 aliphatic heterocycles. The highest BCUT2D eigenvalue weighted by Crippen LogP contribution is 2.45. The van der Waals surface area contributed by atoms with E-state index >= 15 is 0 Å². The Morgan fingerprint density at radius 1 is 1.28 bits per heavy atom. The fourth-order valence-electron chi connectivity index (χ4n) is 5.19. The van der Waals surface area contributed by atoms with Gasteiger partial charge in [-0.15, -0.1) is 0 Å². The Bertz CT molecular complexity index is 890. The maximum atomic E-state index is 12.6. The smallest absolute Gasteiger partial charge is 0.331 e. The summed E-state index contributed by atoms with van der Waals surface area (Å²) in [5, 5.41) is 0. The van der Waals surface area contributed by atoms with Gasteiger partial charge in [0, 0.05) is 25.7 Å². The lowest BCUT2D eigenvalue weighted by Crippen LogP contribution is -2.34. The average Bonchev–Trinajstić information content (AvgIpc) is 3.17. The van der Waals surface area contributed by atoms with Gasteiger partial charge in [-0.05, 0) is 67.9 Å². The van der Waals surface area contributed by atoms with E-state index in [1.54, 1.807) is 19.5 Å². The molecule has 0 saturated heterocycles. The van der Waals surface area contributed by atoms with Crippen LogP contribution in [0.1, 0.15) is 58.6 Å². The maximum absolute atomic E-state index is 12.6. The van der Waals surface area contributed by atoms with Crippen LogP contribution in [0.4, 0.5) is 0 Å². The van der Waals surface area contributed by atoms with Gasteiger partial charge in [0.1, 0.15) is 6.10 Å². The SMILES string of the molecule is COC=C1C/C=C\CC(OC(=O)C=Cc2cn(C)cn2)CC2C(C)=CCC(C(C)C)C2C1. The highest BCUT2D eigenvalue weighted by atomic mass is 16.5. The second-order valence-corrected chi connectivity index (χ2v) is 9.58. The van der Waals surface area contributed by atoms with Crippen LogP contribution in [0.3, 0.4) is 0 Å². The number of carbonyl (C=O) groups excluding carboxylic acids is 1. The van der Waals surface area contributed by atoms with Gasteiger partial charge in [-0.3, -0.25) is 0 Å². The first-order valence-electron chi connectivity index (χ1n) is 11.8. The van der Waals surface area contributed by atoms with Crippen molar-refractivity contribution < 1.29 is 14.3 Å². The Morgan fingerprint density at radius 3 is 2.78 bits per heavy atom.